The van der Waals surface area contributed by atoms with Crippen LogP contribution in [0.15, 0.2) is 23.2 Å². The molecule has 0 spiro atoms. The smallest absolute Gasteiger partial charge is 0.241 e. The molecule has 7 nitrogen and oxygen atoms in total. The lowest BCUT2D eigenvalue weighted by Crippen LogP contribution is -2.45. The molecule has 1 atom stereocenters. The number of hydrogen-bond acceptors (Lipinski definition) is 6. The number of sulfonamides is 1. The Morgan fingerprint density at radius 2 is 2.20 bits per heavy atom. The SMILES string of the molecule is CC(CN1CCOCC1)NS(=O)(=O)c1ccnc(N)c1. The van der Waals surface area contributed by atoms with E-state index in [0.717, 1.165) is 13.1 Å². The first-order valence-electron chi connectivity index (χ1n) is 6.51. The standard InChI is InChI=1S/C12H20N4O3S/c1-10(9-16-4-6-19-7-5-16)15-20(17,18)11-2-3-14-12(13)8-11/h2-3,8,10,15H,4-7,9H2,1H3,(H2,13,14). The number of rotatable bonds is 5. The summed E-state index contributed by atoms with van der Waals surface area (Å²) >= 11 is 0. The minimum absolute atomic E-state index is 0.138. The predicted molar refractivity (Wildman–Crippen MR) is 75.7 cm³/mol. The van der Waals surface area contributed by atoms with Crippen molar-refractivity contribution >= 4 is 15.8 Å². The van der Waals surface area contributed by atoms with Crippen molar-refractivity contribution in [2.24, 2.45) is 0 Å². The Morgan fingerprint density at radius 1 is 1.50 bits per heavy atom. The van der Waals surface area contributed by atoms with E-state index in [9.17, 15) is 8.42 Å². The van der Waals surface area contributed by atoms with Gasteiger partial charge >= 0.3 is 0 Å². The Bertz CT molecular complexity index is 543. The Labute approximate surface area is 119 Å². The molecule has 1 unspecified atom stereocenters. The summed E-state index contributed by atoms with van der Waals surface area (Å²) in [6.07, 6.45) is 1.39. The Balaban J connectivity index is 1.97. The number of morpholine rings is 1. The van der Waals surface area contributed by atoms with Gasteiger partial charge in [-0.25, -0.2) is 18.1 Å². The molecule has 0 radical (unpaired) electrons. The zero-order valence-electron chi connectivity index (χ0n) is 11.4. The van der Waals surface area contributed by atoms with Gasteiger partial charge in [-0.05, 0) is 13.0 Å². The maximum absolute atomic E-state index is 12.2. The first-order valence-corrected chi connectivity index (χ1v) is 7.99. The van der Waals surface area contributed by atoms with E-state index in [1.54, 1.807) is 0 Å². The second kappa shape index (κ2) is 6.49. The lowest BCUT2D eigenvalue weighted by Gasteiger charge is -2.29. The van der Waals surface area contributed by atoms with Crippen molar-refractivity contribution in [1.29, 1.82) is 0 Å². The molecular formula is C12H20N4O3S. The molecule has 3 N–H and O–H groups in total. The van der Waals surface area contributed by atoms with Gasteiger partial charge in [0.05, 0.1) is 18.1 Å². The number of aromatic nitrogens is 1. The number of nitrogens with zero attached hydrogens (tertiary/aromatic N) is 2. The van der Waals surface area contributed by atoms with Gasteiger partial charge in [0.1, 0.15) is 5.82 Å². The number of nitrogens with one attached hydrogen (secondary N) is 1. The fraction of sp³-hybridized carbons (Fsp3) is 0.583. The van der Waals surface area contributed by atoms with Crippen LogP contribution in [0, 0.1) is 0 Å². The molecule has 1 fully saturated rings. The average Bonchev–Trinajstić information content (AvgIpc) is 2.39. The van der Waals surface area contributed by atoms with E-state index >= 15 is 0 Å². The van der Waals surface area contributed by atoms with Crippen LogP contribution >= 0.6 is 0 Å². The van der Waals surface area contributed by atoms with Crippen molar-refractivity contribution in [2.45, 2.75) is 17.9 Å². The maximum atomic E-state index is 12.2. The van der Waals surface area contributed by atoms with Crippen LogP contribution in [0.4, 0.5) is 5.82 Å². The zero-order chi connectivity index (χ0) is 14.6. The highest BCUT2D eigenvalue weighted by Gasteiger charge is 2.20. The summed E-state index contributed by atoms with van der Waals surface area (Å²) in [4.78, 5) is 6.11. The number of pyridine rings is 1. The molecule has 1 aromatic heterocycles. The minimum Gasteiger partial charge on any atom is -0.384 e. The summed E-state index contributed by atoms with van der Waals surface area (Å²) in [5.74, 6) is 0.189. The molecule has 0 amide bonds. The first-order chi connectivity index (χ1) is 9.47. The van der Waals surface area contributed by atoms with E-state index in [1.807, 2.05) is 6.92 Å². The lowest BCUT2D eigenvalue weighted by atomic mass is 10.3. The average molecular weight is 300 g/mol. The molecule has 2 heterocycles. The van der Waals surface area contributed by atoms with Crippen LogP contribution in [0.3, 0.4) is 0 Å². The second-order valence-electron chi connectivity index (χ2n) is 4.85. The quantitative estimate of drug-likeness (QED) is 0.772. The van der Waals surface area contributed by atoms with Gasteiger partial charge in [-0.15, -0.1) is 0 Å². The number of hydrogen-bond donors (Lipinski definition) is 2. The molecule has 0 aromatic carbocycles. The van der Waals surface area contributed by atoms with Crippen LogP contribution in [0.2, 0.25) is 0 Å². The lowest BCUT2D eigenvalue weighted by molar-refractivity contribution is 0.0354. The van der Waals surface area contributed by atoms with Crippen LogP contribution in [0.1, 0.15) is 6.92 Å². The highest BCUT2D eigenvalue weighted by Crippen LogP contribution is 2.11. The third-order valence-corrected chi connectivity index (χ3v) is 4.64. The van der Waals surface area contributed by atoms with Crippen molar-refractivity contribution in [2.75, 3.05) is 38.6 Å². The van der Waals surface area contributed by atoms with Gasteiger partial charge in [-0.2, -0.15) is 0 Å². The number of nitrogen functional groups attached to an aromatic ring is 1. The molecule has 0 bridgehead atoms. The van der Waals surface area contributed by atoms with Crippen molar-refractivity contribution in [3.05, 3.63) is 18.3 Å². The topological polar surface area (TPSA) is 97.5 Å². The van der Waals surface area contributed by atoms with Crippen molar-refractivity contribution in [3.63, 3.8) is 0 Å². The zero-order valence-corrected chi connectivity index (χ0v) is 12.3. The molecule has 1 aromatic rings. The van der Waals surface area contributed by atoms with Gasteiger partial charge in [0.25, 0.3) is 0 Å². The molecule has 1 aliphatic heterocycles. The molecule has 8 heteroatoms. The summed E-state index contributed by atoms with van der Waals surface area (Å²) in [7, 11) is -3.56. The van der Waals surface area contributed by atoms with Crippen molar-refractivity contribution < 1.29 is 13.2 Å². The van der Waals surface area contributed by atoms with Gasteiger partial charge in [0, 0.05) is 37.9 Å². The molecule has 1 aliphatic rings. The number of ether oxygens (including phenoxy) is 1. The molecule has 1 saturated heterocycles. The van der Waals surface area contributed by atoms with Crippen LogP contribution in [0.25, 0.3) is 0 Å². The molecule has 0 aliphatic carbocycles. The summed E-state index contributed by atoms with van der Waals surface area (Å²) in [5, 5.41) is 0. The maximum Gasteiger partial charge on any atom is 0.241 e. The van der Waals surface area contributed by atoms with E-state index in [4.69, 9.17) is 10.5 Å². The van der Waals surface area contributed by atoms with Crippen molar-refractivity contribution in [3.8, 4) is 0 Å². The molecule has 0 saturated carbocycles. The van der Waals surface area contributed by atoms with E-state index in [2.05, 4.69) is 14.6 Å². The van der Waals surface area contributed by atoms with E-state index in [1.165, 1.54) is 18.3 Å². The number of nitrogens with two attached hydrogens (primary N) is 1. The third kappa shape index (κ3) is 4.14. The van der Waals surface area contributed by atoms with Crippen LogP contribution < -0.4 is 10.5 Å². The van der Waals surface area contributed by atoms with Gasteiger partial charge < -0.3 is 10.5 Å². The normalized spacial score (nSPS) is 18.9. The Hall–Kier alpha value is -1.22. The Morgan fingerprint density at radius 3 is 2.85 bits per heavy atom. The van der Waals surface area contributed by atoms with Crippen LogP contribution in [-0.2, 0) is 14.8 Å². The van der Waals surface area contributed by atoms with Gasteiger partial charge in [-0.1, -0.05) is 0 Å². The molecule has 2 rings (SSSR count). The first kappa shape index (κ1) is 15.2. The van der Waals surface area contributed by atoms with Gasteiger partial charge in [0.15, 0.2) is 0 Å². The second-order valence-corrected chi connectivity index (χ2v) is 6.57. The van der Waals surface area contributed by atoms with Gasteiger partial charge in [0.2, 0.25) is 10.0 Å². The van der Waals surface area contributed by atoms with Crippen molar-refractivity contribution in [1.82, 2.24) is 14.6 Å². The summed E-state index contributed by atoms with van der Waals surface area (Å²) in [5.41, 5.74) is 5.51. The third-order valence-electron chi connectivity index (χ3n) is 3.05. The minimum atomic E-state index is -3.56. The molecule has 20 heavy (non-hydrogen) atoms. The largest absolute Gasteiger partial charge is 0.384 e. The highest BCUT2D eigenvalue weighted by atomic mass is 32.2. The number of anilines is 1. The van der Waals surface area contributed by atoms with E-state index in [0.29, 0.717) is 19.8 Å². The Kier molecular flexibility index (Phi) is 4.92. The van der Waals surface area contributed by atoms with Crippen LogP contribution in [0.5, 0.6) is 0 Å². The highest BCUT2D eigenvalue weighted by molar-refractivity contribution is 7.89. The predicted octanol–water partition coefficient (Wildman–Crippen LogP) is -0.337. The fourth-order valence-corrected chi connectivity index (χ4v) is 3.39. The summed E-state index contributed by atoms with van der Waals surface area (Å²) in [6, 6.07) is 2.59. The van der Waals surface area contributed by atoms with E-state index in [-0.39, 0.29) is 16.8 Å². The van der Waals surface area contributed by atoms with Crippen LogP contribution in [-0.4, -0.2) is 57.2 Å². The summed E-state index contributed by atoms with van der Waals surface area (Å²) in [6.45, 7) is 5.55. The molecule has 112 valence electrons. The van der Waals surface area contributed by atoms with Gasteiger partial charge in [-0.3, -0.25) is 4.90 Å². The monoisotopic (exact) mass is 300 g/mol. The molecular weight excluding hydrogens is 280 g/mol. The fourth-order valence-electron chi connectivity index (χ4n) is 2.14. The summed E-state index contributed by atoms with van der Waals surface area (Å²) < 4.78 is 32.3. The van der Waals surface area contributed by atoms with E-state index < -0.39 is 10.0 Å².